The molecule has 17 heavy (non-hydrogen) atoms. The molecule has 2 aromatic rings. The van der Waals surface area contributed by atoms with Crippen molar-refractivity contribution in [2.24, 2.45) is 7.05 Å². The fourth-order valence-corrected chi connectivity index (χ4v) is 2.20. The first-order valence-electron chi connectivity index (χ1n) is 5.13. The van der Waals surface area contributed by atoms with E-state index in [2.05, 4.69) is 5.10 Å². The Hall–Kier alpha value is -1.03. The predicted molar refractivity (Wildman–Crippen MR) is 68.5 cm³/mol. The van der Waals surface area contributed by atoms with E-state index in [1.807, 2.05) is 14.0 Å². The summed E-state index contributed by atoms with van der Waals surface area (Å²) in [5.74, 6) is 0. The number of aryl methyl sites for hydroxylation is 2. The second-order valence-electron chi connectivity index (χ2n) is 3.89. The van der Waals surface area contributed by atoms with E-state index in [1.54, 1.807) is 29.1 Å². The third-order valence-corrected chi connectivity index (χ3v) is 3.46. The zero-order valence-electron chi connectivity index (χ0n) is 9.48. The van der Waals surface area contributed by atoms with Crippen molar-refractivity contribution in [3.05, 3.63) is 51.3 Å². The summed E-state index contributed by atoms with van der Waals surface area (Å²) in [6.45, 7) is 1.84. The highest BCUT2D eigenvalue weighted by molar-refractivity contribution is 6.42. The largest absolute Gasteiger partial charge is 0.383 e. The summed E-state index contributed by atoms with van der Waals surface area (Å²) in [5.41, 5.74) is 2.10. The maximum Gasteiger partial charge on any atom is 0.109 e. The standard InChI is InChI=1S/C12H12Cl2N2O/c1-7-9(6-16(2)15-7)12(17)8-4-3-5-10(13)11(8)14/h3-6,12,17H,1-2H3. The molecule has 1 heterocycles. The van der Waals surface area contributed by atoms with Gasteiger partial charge in [-0.3, -0.25) is 4.68 Å². The molecule has 1 unspecified atom stereocenters. The van der Waals surface area contributed by atoms with E-state index in [1.165, 1.54) is 0 Å². The Kier molecular flexibility index (Phi) is 3.43. The zero-order valence-corrected chi connectivity index (χ0v) is 11.0. The van der Waals surface area contributed by atoms with Crippen LogP contribution in [0.3, 0.4) is 0 Å². The van der Waals surface area contributed by atoms with Crippen LogP contribution in [0.2, 0.25) is 10.0 Å². The molecule has 0 aliphatic rings. The topological polar surface area (TPSA) is 38.0 Å². The lowest BCUT2D eigenvalue weighted by Gasteiger charge is -2.12. The molecule has 0 saturated heterocycles. The van der Waals surface area contributed by atoms with Crippen molar-refractivity contribution < 1.29 is 5.11 Å². The Morgan fingerprint density at radius 2 is 2.00 bits per heavy atom. The highest BCUT2D eigenvalue weighted by atomic mass is 35.5. The summed E-state index contributed by atoms with van der Waals surface area (Å²) in [4.78, 5) is 0. The molecule has 0 spiro atoms. The molecular weight excluding hydrogens is 259 g/mol. The quantitative estimate of drug-likeness (QED) is 0.911. The molecule has 1 aromatic heterocycles. The molecule has 1 atom stereocenters. The van der Waals surface area contributed by atoms with Crippen LogP contribution in [0.4, 0.5) is 0 Å². The number of rotatable bonds is 2. The molecule has 0 aliphatic heterocycles. The maximum atomic E-state index is 10.3. The number of hydrogen-bond acceptors (Lipinski definition) is 2. The van der Waals surface area contributed by atoms with Crippen LogP contribution in [-0.4, -0.2) is 14.9 Å². The predicted octanol–water partition coefficient (Wildman–Crippen LogP) is 3.12. The minimum absolute atomic E-state index is 0.380. The fourth-order valence-electron chi connectivity index (χ4n) is 1.79. The van der Waals surface area contributed by atoms with Crippen LogP contribution in [0.25, 0.3) is 0 Å². The second kappa shape index (κ2) is 4.69. The van der Waals surface area contributed by atoms with Crippen LogP contribution in [0.5, 0.6) is 0 Å². The molecule has 0 bridgehead atoms. The summed E-state index contributed by atoms with van der Waals surface area (Å²) < 4.78 is 1.66. The molecule has 0 saturated carbocycles. The first-order chi connectivity index (χ1) is 8.00. The summed E-state index contributed by atoms with van der Waals surface area (Å²) in [5, 5.41) is 15.3. The molecule has 90 valence electrons. The lowest BCUT2D eigenvalue weighted by molar-refractivity contribution is 0.219. The van der Waals surface area contributed by atoms with Crippen LogP contribution in [-0.2, 0) is 7.05 Å². The number of benzene rings is 1. The fraction of sp³-hybridized carbons (Fsp3) is 0.250. The average Bonchev–Trinajstić information content (AvgIpc) is 2.61. The van der Waals surface area contributed by atoms with E-state index in [4.69, 9.17) is 23.2 Å². The summed E-state index contributed by atoms with van der Waals surface area (Å²) in [6.07, 6.45) is 0.965. The normalized spacial score (nSPS) is 12.8. The van der Waals surface area contributed by atoms with Crippen molar-refractivity contribution in [1.82, 2.24) is 9.78 Å². The Morgan fingerprint density at radius 1 is 1.29 bits per heavy atom. The highest BCUT2D eigenvalue weighted by Gasteiger charge is 2.19. The van der Waals surface area contributed by atoms with E-state index in [0.29, 0.717) is 15.6 Å². The van der Waals surface area contributed by atoms with Crippen molar-refractivity contribution in [1.29, 1.82) is 0 Å². The monoisotopic (exact) mass is 270 g/mol. The summed E-state index contributed by atoms with van der Waals surface area (Å²) in [6, 6.07) is 5.21. The first-order valence-corrected chi connectivity index (χ1v) is 5.88. The van der Waals surface area contributed by atoms with E-state index in [0.717, 1.165) is 11.3 Å². The van der Waals surface area contributed by atoms with Gasteiger partial charge in [0.15, 0.2) is 0 Å². The lowest BCUT2D eigenvalue weighted by atomic mass is 10.0. The van der Waals surface area contributed by atoms with E-state index in [9.17, 15) is 5.11 Å². The van der Waals surface area contributed by atoms with Gasteiger partial charge in [0.2, 0.25) is 0 Å². The first kappa shape index (κ1) is 12.4. The molecule has 0 amide bonds. The van der Waals surface area contributed by atoms with Crippen molar-refractivity contribution in [2.45, 2.75) is 13.0 Å². The van der Waals surface area contributed by atoms with E-state index in [-0.39, 0.29) is 0 Å². The number of aliphatic hydroxyl groups is 1. The van der Waals surface area contributed by atoms with Gasteiger partial charge in [0.25, 0.3) is 0 Å². The minimum atomic E-state index is -0.810. The number of nitrogens with zero attached hydrogens (tertiary/aromatic N) is 2. The van der Waals surface area contributed by atoms with E-state index < -0.39 is 6.10 Å². The minimum Gasteiger partial charge on any atom is -0.383 e. The van der Waals surface area contributed by atoms with Gasteiger partial charge >= 0.3 is 0 Å². The zero-order chi connectivity index (χ0) is 12.6. The molecule has 1 aromatic carbocycles. The Labute approximate surface area is 110 Å². The Bertz CT molecular complexity index is 551. The van der Waals surface area contributed by atoms with Crippen molar-refractivity contribution in [3.8, 4) is 0 Å². The lowest BCUT2D eigenvalue weighted by Crippen LogP contribution is -2.01. The molecule has 0 fully saturated rings. The molecule has 2 rings (SSSR count). The van der Waals surface area contributed by atoms with Crippen LogP contribution in [0.15, 0.2) is 24.4 Å². The van der Waals surface area contributed by atoms with Gasteiger partial charge in [-0.1, -0.05) is 35.3 Å². The Balaban J connectivity index is 2.47. The number of hydrogen-bond donors (Lipinski definition) is 1. The highest BCUT2D eigenvalue weighted by Crippen LogP contribution is 2.33. The number of aromatic nitrogens is 2. The third-order valence-electron chi connectivity index (χ3n) is 2.62. The SMILES string of the molecule is Cc1nn(C)cc1C(O)c1cccc(Cl)c1Cl. The van der Waals surface area contributed by atoms with Crippen molar-refractivity contribution >= 4 is 23.2 Å². The van der Waals surface area contributed by atoms with Gasteiger partial charge < -0.3 is 5.11 Å². The number of aliphatic hydroxyl groups excluding tert-OH is 1. The van der Waals surface area contributed by atoms with Crippen LogP contribution >= 0.6 is 23.2 Å². The molecular formula is C12H12Cl2N2O. The van der Waals surface area contributed by atoms with Crippen LogP contribution in [0, 0.1) is 6.92 Å². The smallest absolute Gasteiger partial charge is 0.109 e. The van der Waals surface area contributed by atoms with Gasteiger partial charge in [-0.15, -0.1) is 0 Å². The molecule has 0 radical (unpaired) electrons. The van der Waals surface area contributed by atoms with Gasteiger partial charge in [0.1, 0.15) is 6.10 Å². The second-order valence-corrected chi connectivity index (χ2v) is 4.67. The molecule has 5 heteroatoms. The number of halogens is 2. The third kappa shape index (κ3) is 2.32. The van der Waals surface area contributed by atoms with Crippen molar-refractivity contribution in [2.75, 3.05) is 0 Å². The van der Waals surface area contributed by atoms with Gasteiger partial charge in [0, 0.05) is 24.4 Å². The van der Waals surface area contributed by atoms with Gasteiger partial charge in [-0.25, -0.2) is 0 Å². The van der Waals surface area contributed by atoms with Gasteiger partial charge in [-0.05, 0) is 13.0 Å². The van der Waals surface area contributed by atoms with Gasteiger partial charge in [-0.2, -0.15) is 5.10 Å². The summed E-state index contributed by atoms with van der Waals surface area (Å²) in [7, 11) is 1.81. The molecule has 3 nitrogen and oxygen atoms in total. The van der Waals surface area contributed by atoms with E-state index >= 15 is 0 Å². The van der Waals surface area contributed by atoms with Gasteiger partial charge in [0.05, 0.1) is 15.7 Å². The molecule has 0 aliphatic carbocycles. The van der Waals surface area contributed by atoms with Crippen LogP contribution < -0.4 is 0 Å². The molecule has 1 N–H and O–H groups in total. The average molecular weight is 271 g/mol. The van der Waals surface area contributed by atoms with Crippen molar-refractivity contribution in [3.63, 3.8) is 0 Å². The Morgan fingerprint density at radius 3 is 2.59 bits per heavy atom. The van der Waals surface area contributed by atoms with Crippen LogP contribution in [0.1, 0.15) is 22.9 Å². The summed E-state index contributed by atoms with van der Waals surface area (Å²) >= 11 is 12.0. The maximum absolute atomic E-state index is 10.3.